The van der Waals surface area contributed by atoms with Gasteiger partial charge < -0.3 is 5.32 Å². The maximum Gasteiger partial charge on any atom is 0.310 e. The molecule has 0 amide bonds. The molecule has 0 aromatic heterocycles. The number of nitro groups is 1. The van der Waals surface area contributed by atoms with Gasteiger partial charge in [-0.2, -0.15) is 0 Å². The van der Waals surface area contributed by atoms with Crippen molar-refractivity contribution in [2.75, 3.05) is 11.6 Å². The van der Waals surface area contributed by atoms with Crippen molar-refractivity contribution in [2.45, 2.75) is 24.3 Å². The highest BCUT2D eigenvalue weighted by Crippen LogP contribution is 2.49. The Balaban J connectivity index is 2.05. The molecule has 0 bridgehead atoms. The summed E-state index contributed by atoms with van der Waals surface area (Å²) >= 11 is 5.96. The van der Waals surface area contributed by atoms with Gasteiger partial charge in [0.05, 0.1) is 11.0 Å². The van der Waals surface area contributed by atoms with Crippen molar-refractivity contribution in [1.29, 1.82) is 0 Å². The van der Waals surface area contributed by atoms with E-state index in [1.165, 1.54) is 12.1 Å². The Hall–Kier alpha value is -2.12. The Kier molecular flexibility index (Phi) is 4.94. The molecule has 2 aromatic carbocycles. The first-order chi connectivity index (χ1) is 12.2. The van der Waals surface area contributed by atoms with E-state index in [2.05, 4.69) is 12.2 Å². The van der Waals surface area contributed by atoms with Gasteiger partial charge in [-0.15, -0.1) is 0 Å². The predicted octanol–water partition coefficient (Wildman–Crippen LogP) is 4.46. The van der Waals surface area contributed by atoms with Crippen LogP contribution in [0.3, 0.4) is 0 Å². The second-order valence-corrected chi connectivity index (χ2v) is 9.15. The van der Waals surface area contributed by atoms with E-state index in [4.69, 9.17) is 11.6 Å². The highest BCUT2D eigenvalue weighted by molar-refractivity contribution is 7.90. The summed E-state index contributed by atoms with van der Waals surface area (Å²) in [7, 11) is -3.72. The molecule has 1 fully saturated rings. The van der Waals surface area contributed by atoms with Crippen LogP contribution in [-0.2, 0) is 9.84 Å². The van der Waals surface area contributed by atoms with Crippen LogP contribution >= 0.6 is 11.6 Å². The summed E-state index contributed by atoms with van der Waals surface area (Å²) in [5.74, 6) is 0.804. The number of nitro benzene ring substituents is 1. The molecule has 6 nitrogen and oxygen atoms in total. The van der Waals surface area contributed by atoms with Crippen molar-refractivity contribution in [3.05, 3.63) is 63.2 Å². The molecule has 3 unspecified atom stereocenters. The van der Waals surface area contributed by atoms with E-state index in [-0.39, 0.29) is 16.6 Å². The molecule has 0 heterocycles. The molecule has 2 aromatic rings. The van der Waals surface area contributed by atoms with Gasteiger partial charge in [-0.3, -0.25) is 10.1 Å². The molecular formula is C18H19ClN2O4S. The van der Waals surface area contributed by atoms with E-state index >= 15 is 0 Å². The van der Waals surface area contributed by atoms with Gasteiger partial charge in [-0.25, -0.2) is 8.42 Å². The summed E-state index contributed by atoms with van der Waals surface area (Å²) in [6.45, 7) is 2.12. The van der Waals surface area contributed by atoms with Gasteiger partial charge in [-0.1, -0.05) is 36.7 Å². The first-order valence-corrected chi connectivity index (χ1v) is 10.4. The number of sulfone groups is 1. The van der Waals surface area contributed by atoms with E-state index in [0.29, 0.717) is 16.9 Å². The third-order valence-electron chi connectivity index (χ3n) is 4.72. The monoisotopic (exact) mass is 394 g/mol. The van der Waals surface area contributed by atoms with Gasteiger partial charge in [0.25, 0.3) is 0 Å². The molecule has 0 radical (unpaired) electrons. The predicted molar refractivity (Wildman–Crippen MR) is 101 cm³/mol. The van der Waals surface area contributed by atoms with E-state index in [9.17, 15) is 18.5 Å². The van der Waals surface area contributed by atoms with E-state index < -0.39 is 20.4 Å². The normalized spacial score (nSPS) is 20.4. The number of nitrogens with one attached hydrogen (secondary N) is 1. The fourth-order valence-corrected chi connectivity index (χ4v) is 4.20. The van der Waals surface area contributed by atoms with Crippen LogP contribution in [-0.4, -0.2) is 19.6 Å². The molecular weight excluding hydrogens is 376 g/mol. The van der Waals surface area contributed by atoms with Crippen molar-refractivity contribution in [2.24, 2.45) is 11.8 Å². The fraction of sp³-hybridized carbons (Fsp3) is 0.333. The minimum absolute atomic E-state index is 0.157. The number of benzene rings is 2. The molecule has 1 saturated carbocycles. The zero-order chi connectivity index (χ0) is 19.1. The third-order valence-corrected chi connectivity index (χ3v) is 6.10. The Morgan fingerprint density at radius 3 is 2.35 bits per heavy atom. The van der Waals surface area contributed by atoms with Gasteiger partial charge in [0.1, 0.15) is 10.6 Å². The number of halogens is 1. The maximum atomic E-state index is 12.0. The lowest BCUT2D eigenvalue weighted by molar-refractivity contribution is -0.386. The van der Waals surface area contributed by atoms with Crippen LogP contribution in [0.5, 0.6) is 0 Å². The number of rotatable bonds is 6. The number of anilines is 1. The highest BCUT2D eigenvalue weighted by Gasteiger charge is 2.41. The summed E-state index contributed by atoms with van der Waals surface area (Å²) in [5.41, 5.74) is 0.752. The Morgan fingerprint density at radius 2 is 1.85 bits per heavy atom. The second-order valence-electron chi connectivity index (χ2n) is 6.73. The number of nitrogens with zero attached hydrogens (tertiary/aromatic N) is 1. The SMILES string of the molecule is CC1CC1C(Nc1cccc(S(C)(=O)=O)c1[N+](=O)[O-])c1ccc(Cl)cc1. The van der Waals surface area contributed by atoms with Crippen LogP contribution in [0.1, 0.15) is 24.9 Å². The minimum Gasteiger partial charge on any atom is -0.372 e. The summed E-state index contributed by atoms with van der Waals surface area (Å²) < 4.78 is 23.9. The lowest BCUT2D eigenvalue weighted by atomic mass is 10.0. The van der Waals surface area contributed by atoms with Crippen molar-refractivity contribution >= 4 is 32.8 Å². The summed E-state index contributed by atoms with van der Waals surface area (Å²) in [6.07, 6.45) is 1.97. The van der Waals surface area contributed by atoms with E-state index in [0.717, 1.165) is 18.2 Å². The summed E-state index contributed by atoms with van der Waals surface area (Å²) in [4.78, 5) is 10.7. The standard InChI is InChI=1S/C18H19ClN2O4S/c1-11-10-14(11)17(12-6-8-13(19)9-7-12)20-15-4-3-5-16(26(2,24)25)18(15)21(22)23/h3-9,11,14,17,20H,10H2,1-2H3. The van der Waals surface area contributed by atoms with Crippen LogP contribution < -0.4 is 5.32 Å². The van der Waals surface area contributed by atoms with Crippen molar-refractivity contribution < 1.29 is 13.3 Å². The molecule has 0 aliphatic heterocycles. The molecule has 138 valence electrons. The first kappa shape index (κ1) is 18.7. The zero-order valence-corrected chi connectivity index (χ0v) is 15.9. The molecule has 1 aliphatic rings. The molecule has 0 spiro atoms. The van der Waals surface area contributed by atoms with Crippen molar-refractivity contribution in [3.63, 3.8) is 0 Å². The Labute approximate surface area is 157 Å². The van der Waals surface area contributed by atoms with Gasteiger partial charge >= 0.3 is 5.69 Å². The fourth-order valence-electron chi connectivity index (χ4n) is 3.22. The van der Waals surface area contributed by atoms with Gasteiger partial charge in [0, 0.05) is 11.3 Å². The molecule has 1 aliphatic carbocycles. The summed E-state index contributed by atoms with van der Waals surface area (Å²) in [6, 6.07) is 11.5. The molecule has 8 heteroatoms. The van der Waals surface area contributed by atoms with Gasteiger partial charge in [0.15, 0.2) is 9.84 Å². The smallest absolute Gasteiger partial charge is 0.310 e. The largest absolute Gasteiger partial charge is 0.372 e. The maximum absolute atomic E-state index is 12.0. The van der Waals surface area contributed by atoms with E-state index in [1.807, 2.05) is 12.1 Å². The zero-order valence-electron chi connectivity index (χ0n) is 14.3. The lowest BCUT2D eigenvalue weighted by Gasteiger charge is -2.21. The molecule has 1 N–H and O–H groups in total. The van der Waals surface area contributed by atoms with Crippen molar-refractivity contribution in [1.82, 2.24) is 0 Å². The van der Waals surface area contributed by atoms with Crippen LogP contribution in [0.4, 0.5) is 11.4 Å². The third kappa shape index (κ3) is 3.83. The first-order valence-electron chi connectivity index (χ1n) is 8.18. The Morgan fingerprint density at radius 1 is 1.23 bits per heavy atom. The number of hydrogen-bond donors (Lipinski definition) is 1. The van der Waals surface area contributed by atoms with Gasteiger partial charge in [-0.05, 0) is 48.1 Å². The average Bonchev–Trinajstić information content (AvgIpc) is 3.28. The molecule has 0 saturated heterocycles. The number of para-hydroxylation sites is 1. The number of hydrogen-bond acceptors (Lipinski definition) is 5. The van der Waals surface area contributed by atoms with Crippen molar-refractivity contribution in [3.8, 4) is 0 Å². The average molecular weight is 395 g/mol. The quantitative estimate of drug-likeness (QED) is 0.577. The second kappa shape index (κ2) is 6.89. The molecule has 3 atom stereocenters. The van der Waals surface area contributed by atoms with Crippen LogP contribution in [0.15, 0.2) is 47.4 Å². The van der Waals surface area contributed by atoms with Gasteiger partial charge in [0.2, 0.25) is 0 Å². The highest BCUT2D eigenvalue weighted by atomic mass is 35.5. The van der Waals surface area contributed by atoms with Crippen LogP contribution in [0, 0.1) is 22.0 Å². The minimum atomic E-state index is -3.72. The van der Waals surface area contributed by atoms with E-state index in [1.54, 1.807) is 18.2 Å². The Bertz CT molecular complexity index is 944. The summed E-state index contributed by atoms with van der Waals surface area (Å²) in [5, 5.41) is 15.4. The molecule has 3 rings (SSSR count). The topological polar surface area (TPSA) is 89.3 Å². The lowest BCUT2D eigenvalue weighted by Crippen LogP contribution is -2.16. The van der Waals surface area contributed by atoms with Crippen LogP contribution in [0.25, 0.3) is 0 Å². The molecule has 26 heavy (non-hydrogen) atoms. The van der Waals surface area contributed by atoms with Crippen LogP contribution in [0.2, 0.25) is 5.02 Å².